The summed E-state index contributed by atoms with van der Waals surface area (Å²) in [7, 11) is 0. The van der Waals surface area contributed by atoms with Crippen LogP contribution in [0.1, 0.15) is 52.4 Å². The van der Waals surface area contributed by atoms with Crippen molar-refractivity contribution in [1.82, 2.24) is 4.90 Å². The van der Waals surface area contributed by atoms with Gasteiger partial charge in [-0.3, -0.25) is 4.90 Å². The van der Waals surface area contributed by atoms with Crippen molar-refractivity contribution in [2.24, 2.45) is 5.41 Å². The predicted molar refractivity (Wildman–Crippen MR) is 62.9 cm³/mol. The highest BCUT2D eigenvalue weighted by Crippen LogP contribution is 2.36. The second-order valence-electron chi connectivity index (χ2n) is 5.77. The molecule has 2 nitrogen and oxygen atoms in total. The van der Waals surface area contributed by atoms with E-state index in [4.69, 9.17) is 0 Å². The summed E-state index contributed by atoms with van der Waals surface area (Å²) in [5.74, 6) is 0. The van der Waals surface area contributed by atoms with E-state index in [0.717, 1.165) is 6.42 Å². The number of nitrogens with zero attached hydrogens (tertiary/aromatic N) is 1. The lowest BCUT2D eigenvalue weighted by atomic mass is 9.78. The highest BCUT2D eigenvalue weighted by molar-refractivity contribution is 4.90. The lowest BCUT2D eigenvalue weighted by molar-refractivity contribution is 0.0269. The molecule has 0 spiro atoms. The van der Waals surface area contributed by atoms with Crippen LogP contribution in [0.15, 0.2) is 0 Å². The van der Waals surface area contributed by atoms with Crippen molar-refractivity contribution in [3.8, 4) is 0 Å². The molecule has 0 unspecified atom stereocenters. The molecule has 2 fully saturated rings. The zero-order valence-electron chi connectivity index (χ0n) is 10.2. The van der Waals surface area contributed by atoms with Crippen LogP contribution in [0.5, 0.6) is 0 Å². The smallest absolute Gasteiger partial charge is 0.0695 e. The average Bonchev–Trinajstić information content (AvgIpc) is 2.66. The third kappa shape index (κ3) is 2.36. The van der Waals surface area contributed by atoms with E-state index in [-0.39, 0.29) is 6.10 Å². The molecule has 1 heterocycles. The van der Waals surface area contributed by atoms with Gasteiger partial charge in [0, 0.05) is 6.04 Å². The first-order valence-corrected chi connectivity index (χ1v) is 6.57. The highest BCUT2D eigenvalue weighted by atomic mass is 16.3. The lowest BCUT2D eigenvalue weighted by Gasteiger charge is -2.42. The Hall–Kier alpha value is -0.0800. The first-order valence-electron chi connectivity index (χ1n) is 6.57. The molecule has 0 amide bonds. The average molecular weight is 211 g/mol. The summed E-state index contributed by atoms with van der Waals surface area (Å²) < 4.78 is 0. The quantitative estimate of drug-likeness (QED) is 0.758. The standard InChI is InChI=1S/C13H25NO/c1-3-13(2)7-9-14(10-8-13)11-5-4-6-12(11)15/h11-12,15H,3-10H2,1-2H3/t11-,12-/m1/s1. The molecule has 0 aromatic carbocycles. The number of piperidine rings is 1. The van der Waals surface area contributed by atoms with Gasteiger partial charge in [-0.1, -0.05) is 20.3 Å². The minimum atomic E-state index is -0.0454. The van der Waals surface area contributed by atoms with Crippen LogP contribution in [-0.2, 0) is 0 Å². The van der Waals surface area contributed by atoms with E-state index in [1.807, 2.05) is 0 Å². The largest absolute Gasteiger partial charge is 0.391 e. The van der Waals surface area contributed by atoms with E-state index >= 15 is 0 Å². The van der Waals surface area contributed by atoms with Crippen LogP contribution in [0, 0.1) is 5.41 Å². The fourth-order valence-corrected chi connectivity index (χ4v) is 3.10. The molecule has 0 bridgehead atoms. The van der Waals surface area contributed by atoms with Crippen molar-refractivity contribution in [3.63, 3.8) is 0 Å². The molecular formula is C13H25NO. The van der Waals surface area contributed by atoms with E-state index < -0.39 is 0 Å². The van der Waals surface area contributed by atoms with Crippen LogP contribution >= 0.6 is 0 Å². The van der Waals surface area contributed by atoms with Gasteiger partial charge in [-0.15, -0.1) is 0 Å². The Morgan fingerprint density at radius 3 is 2.40 bits per heavy atom. The molecule has 2 rings (SSSR count). The van der Waals surface area contributed by atoms with Crippen molar-refractivity contribution in [3.05, 3.63) is 0 Å². The molecule has 1 aliphatic heterocycles. The topological polar surface area (TPSA) is 23.5 Å². The first kappa shape index (κ1) is 11.4. The van der Waals surface area contributed by atoms with Crippen molar-refractivity contribution >= 4 is 0 Å². The summed E-state index contributed by atoms with van der Waals surface area (Å²) in [6, 6.07) is 0.478. The zero-order valence-corrected chi connectivity index (χ0v) is 10.2. The Labute approximate surface area is 93.7 Å². The molecule has 1 aliphatic carbocycles. The Morgan fingerprint density at radius 2 is 1.93 bits per heavy atom. The Kier molecular flexibility index (Phi) is 3.36. The summed E-state index contributed by atoms with van der Waals surface area (Å²) in [6.45, 7) is 7.12. The monoisotopic (exact) mass is 211 g/mol. The number of hydrogen-bond donors (Lipinski definition) is 1. The lowest BCUT2D eigenvalue weighted by Crippen LogP contribution is -2.47. The minimum absolute atomic E-state index is 0.0454. The van der Waals surface area contributed by atoms with Crippen LogP contribution < -0.4 is 0 Å². The molecule has 1 saturated heterocycles. The van der Waals surface area contributed by atoms with Crippen LogP contribution in [0.25, 0.3) is 0 Å². The number of hydrogen-bond acceptors (Lipinski definition) is 2. The fourth-order valence-electron chi connectivity index (χ4n) is 3.10. The van der Waals surface area contributed by atoms with Crippen LogP contribution in [0.4, 0.5) is 0 Å². The fraction of sp³-hybridized carbons (Fsp3) is 1.00. The Morgan fingerprint density at radius 1 is 1.27 bits per heavy atom. The number of likely N-dealkylation sites (tertiary alicyclic amines) is 1. The second kappa shape index (κ2) is 4.42. The van der Waals surface area contributed by atoms with E-state index in [1.54, 1.807) is 0 Å². The van der Waals surface area contributed by atoms with Crippen LogP contribution in [0.2, 0.25) is 0 Å². The summed E-state index contributed by atoms with van der Waals surface area (Å²) in [6.07, 6.45) is 7.33. The predicted octanol–water partition coefficient (Wildman–Crippen LogP) is 2.41. The highest BCUT2D eigenvalue weighted by Gasteiger charge is 2.35. The van der Waals surface area contributed by atoms with Gasteiger partial charge in [-0.2, -0.15) is 0 Å². The Balaban J connectivity index is 1.88. The molecule has 0 radical (unpaired) electrons. The van der Waals surface area contributed by atoms with Gasteiger partial charge in [0.1, 0.15) is 0 Å². The van der Waals surface area contributed by atoms with E-state index in [2.05, 4.69) is 18.7 Å². The summed E-state index contributed by atoms with van der Waals surface area (Å²) in [4.78, 5) is 2.54. The maximum atomic E-state index is 9.89. The first-order chi connectivity index (χ1) is 7.14. The number of aliphatic hydroxyl groups excluding tert-OH is 1. The van der Waals surface area contributed by atoms with Gasteiger partial charge in [0.2, 0.25) is 0 Å². The SMILES string of the molecule is CCC1(C)CCN([C@@H]2CCC[C@H]2O)CC1. The van der Waals surface area contributed by atoms with Crippen LogP contribution in [-0.4, -0.2) is 35.2 Å². The van der Waals surface area contributed by atoms with Crippen LogP contribution in [0.3, 0.4) is 0 Å². The molecule has 2 heteroatoms. The Bertz CT molecular complexity index is 209. The molecule has 15 heavy (non-hydrogen) atoms. The molecule has 0 aromatic heterocycles. The molecule has 88 valence electrons. The number of rotatable bonds is 2. The third-order valence-electron chi connectivity index (χ3n) is 4.77. The normalized spacial score (nSPS) is 37.0. The maximum Gasteiger partial charge on any atom is 0.0695 e. The molecular weight excluding hydrogens is 186 g/mol. The second-order valence-corrected chi connectivity index (χ2v) is 5.77. The van der Waals surface area contributed by atoms with Gasteiger partial charge in [0.25, 0.3) is 0 Å². The van der Waals surface area contributed by atoms with Gasteiger partial charge >= 0.3 is 0 Å². The third-order valence-corrected chi connectivity index (χ3v) is 4.77. The molecule has 1 N–H and O–H groups in total. The van der Waals surface area contributed by atoms with Gasteiger partial charge in [-0.25, -0.2) is 0 Å². The van der Waals surface area contributed by atoms with E-state index in [0.29, 0.717) is 11.5 Å². The molecule has 2 aliphatic rings. The zero-order chi connectivity index (χ0) is 10.9. The summed E-state index contributed by atoms with van der Waals surface area (Å²) >= 11 is 0. The molecule has 1 saturated carbocycles. The molecule has 2 atom stereocenters. The van der Waals surface area contributed by atoms with E-state index in [9.17, 15) is 5.11 Å². The van der Waals surface area contributed by atoms with E-state index in [1.165, 1.54) is 45.2 Å². The summed E-state index contributed by atoms with van der Waals surface area (Å²) in [5.41, 5.74) is 0.570. The maximum absolute atomic E-state index is 9.89. The van der Waals surface area contributed by atoms with Gasteiger partial charge < -0.3 is 5.11 Å². The van der Waals surface area contributed by atoms with Crippen molar-refractivity contribution in [1.29, 1.82) is 0 Å². The number of aliphatic hydroxyl groups is 1. The van der Waals surface area contributed by atoms with Crippen molar-refractivity contribution in [2.45, 2.75) is 64.5 Å². The van der Waals surface area contributed by atoms with Gasteiger partial charge in [-0.05, 0) is 50.6 Å². The minimum Gasteiger partial charge on any atom is -0.391 e. The summed E-state index contributed by atoms with van der Waals surface area (Å²) in [5, 5.41) is 9.89. The van der Waals surface area contributed by atoms with Crippen molar-refractivity contribution < 1.29 is 5.11 Å². The van der Waals surface area contributed by atoms with Gasteiger partial charge in [0.15, 0.2) is 0 Å². The van der Waals surface area contributed by atoms with Crippen molar-refractivity contribution in [2.75, 3.05) is 13.1 Å². The molecule has 0 aromatic rings. The van der Waals surface area contributed by atoms with Gasteiger partial charge in [0.05, 0.1) is 6.10 Å².